The maximum atomic E-state index is 11.5. The van der Waals surface area contributed by atoms with Gasteiger partial charge in [-0.15, -0.1) is 0 Å². The van der Waals surface area contributed by atoms with Crippen LogP contribution in [0.15, 0.2) is 12.2 Å². The normalized spacial score (nSPS) is 23.2. The van der Waals surface area contributed by atoms with Crippen LogP contribution in [0, 0.1) is 11.8 Å². The van der Waals surface area contributed by atoms with Crippen LogP contribution in [-0.4, -0.2) is 30.2 Å². The maximum Gasteiger partial charge on any atom is 0.314 e. The van der Waals surface area contributed by atoms with Gasteiger partial charge < -0.3 is 15.7 Å². The van der Waals surface area contributed by atoms with Crippen LogP contribution >= 0.6 is 0 Å². The molecule has 0 unspecified atom stereocenters. The Kier molecular flexibility index (Phi) is 7.00. The molecule has 1 fully saturated rings. The highest BCUT2D eigenvalue weighted by molar-refractivity contribution is 5.73. The van der Waals surface area contributed by atoms with Gasteiger partial charge in [-0.25, -0.2) is 4.79 Å². The molecule has 0 atom stereocenters. The predicted molar refractivity (Wildman–Crippen MR) is 73.9 cm³/mol. The van der Waals surface area contributed by atoms with E-state index in [2.05, 4.69) is 10.6 Å². The summed E-state index contributed by atoms with van der Waals surface area (Å²) in [6.07, 6.45) is 8.03. The molecule has 0 heterocycles. The van der Waals surface area contributed by atoms with Crippen molar-refractivity contribution in [3.05, 3.63) is 12.2 Å². The zero-order chi connectivity index (χ0) is 14.1. The van der Waals surface area contributed by atoms with Crippen molar-refractivity contribution >= 4 is 12.0 Å². The number of amides is 2. The van der Waals surface area contributed by atoms with Crippen molar-refractivity contribution in [2.24, 2.45) is 11.8 Å². The minimum absolute atomic E-state index is 0.134. The number of hydrogen-bond donors (Lipinski definition) is 3. The number of hydrogen-bond acceptors (Lipinski definition) is 2. The summed E-state index contributed by atoms with van der Waals surface area (Å²) in [7, 11) is 0. The summed E-state index contributed by atoms with van der Waals surface area (Å²) in [4.78, 5) is 22.3. The van der Waals surface area contributed by atoms with E-state index < -0.39 is 5.97 Å². The van der Waals surface area contributed by atoms with E-state index in [0.29, 0.717) is 19.0 Å². The number of nitrogens with one attached hydrogen (secondary N) is 2. The summed E-state index contributed by atoms with van der Waals surface area (Å²) in [6, 6.07) is -0.134. The van der Waals surface area contributed by atoms with Crippen LogP contribution in [0.4, 0.5) is 4.79 Å². The number of aliphatic carboxylic acids is 1. The lowest BCUT2D eigenvalue weighted by molar-refractivity contribution is -0.143. The average molecular weight is 268 g/mol. The van der Waals surface area contributed by atoms with E-state index in [1.54, 1.807) is 0 Å². The molecule has 0 aromatic carbocycles. The summed E-state index contributed by atoms with van der Waals surface area (Å²) in [5, 5.41) is 14.5. The lowest BCUT2D eigenvalue weighted by Gasteiger charge is -2.26. The quantitative estimate of drug-likeness (QED) is 0.510. The molecule has 2 amide bonds. The monoisotopic (exact) mass is 268 g/mol. The van der Waals surface area contributed by atoms with Crippen molar-refractivity contribution in [1.29, 1.82) is 0 Å². The van der Waals surface area contributed by atoms with E-state index in [-0.39, 0.29) is 11.9 Å². The first kappa shape index (κ1) is 15.5. The molecule has 5 heteroatoms. The van der Waals surface area contributed by atoms with Crippen molar-refractivity contribution in [2.45, 2.75) is 39.0 Å². The van der Waals surface area contributed by atoms with Gasteiger partial charge in [0.2, 0.25) is 0 Å². The van der Waals surface area contributed by atoms with Gasteiger partial charge in [0.05, 0.1) is 5.92 Å². The van der Waals surface area contributed by atoms with Crippen LogP contribution in [0.1, 0.15) is 39.0 Å². The Hall–Kier alpha value is -1.52. The topological polar surface area (TPSA) is 78.4 Å². The van der Waals surface area contributed by atoms with Gasteiger partial charge in [-0.3, -0.25) is 4.79 Å². The third-order valence-electron chi connectivity index (χ3n) is 3.58. The Balaban J connectivity index is 2.09. The highest BCUT2D eigenvalue weighted by Crippen LogP contribution is 2.28. The second-order valence-electron chi connectivity index (χ2n) is 5.05. The van der Waals surface area contributed by atoms with Crippen LogP contribution in [0.3, 0.4) is 0 Å². The van der Waals surface area contributed by atoms with Gasteiger partial charge in [0.25, 0.3) is 0 Å². The summed E-state index contributed by atoms with van der Waals surface area (Å²) >= 11 is 0. The lowest BCUT2D eigenvalue weighted by Crippen LogP contribution is -2.39. The summed E-state index contributed by atoms with van der Waals surface area (Å²) in [5.41, 5.74) is 0. The number of rotatable bonds is 6. The molecule has 1 rings (SSSR count). The van der Waals surface area contributed by atoms with E-state index in [1.165, 1.54) is 0 Å². The zero-order valence-corrected chi connectivity index (χ0v) is 11.5. The van der Waals surface area contributed by atoms with Crippen LogP contribution in [-0.2, 0) is 4.79 Å². The molecule has 1 aliphatic rings. The molecule has 0 bridgehead atoms. The van der Waals surface area contributed by atoms with Gasteiger partial charge in [-0.05, 0) is 44.9 Å². The first-order chi connectivity index (χ1) is 9.13. The van der Waals surface area contributed by atoms with Crippen LogP contribution in [0.5, 0.6) is 0 Å². The Morgan fingerprint density at radius 1 is 1.21 bits per heavy atom. The first-order valence-corrected chi connectivity index (χ1v) is 6.99. The first-order valence-electron chi connectivity index (χ1n) is 6.99. The van der Waals surface area contributed by atoms with Gasteiger partial charge >= 0.3 is 12.0 Å². The minimum atomic E-state index is -0.687. The molecular weight excluding hydrogens is 244 g/mol. The van der Waals surface area contributed by atoms with E-state index in [4.69, 9.17) is 5.11 Å². The third-order valence-corrected chi connectivity index (χ3v) is 3.58. The average Bonchev–Trinajstić information content (AvgIpc) is 2.42. The molecule has 1 aliphatic carbocycles. The van der Waals surface area contributed by atoms with Crippen molar-refractivity contribution in [1.82, 2.24) is 10.6 Å². The van der Waals surface area contributed by atoms with Crippen LogP contribution in [0.2, 0.25) is 0 Å². The molecule has 1 saturated carbocycles. The molecule has 0 radical (unpaired) electrons. The van der Waals surface area contributed by atoms with Gasteiger partial charge in [0, 0.05) is 13.1 Å². The van der Waals surface area contributed by atoms with E-state index in [9.17, 15) is 9.59 Å². The Labute approximate surface area is 114 Å². The van der Waals surface area contributed by atoms with E-state index in [0.717, 1.165) is 32.1 Å². The van der Waals surface area contributed by atoms with Crippen molar-refractivity contribution in [3.8, 4) is 0 Å². The van der Waals surface area contributed by atoms with E-state index in [1.807, 2.05) is 19.1 Å². The SMILES string of the molecule is C/C=C/CCNC(=O)NCC1CCC(C(=O)O)CC1. The Bertz CT molecular complexity index is 321. The van der Waals surface area contributed by atoms with Crippen molar-refractivity contribution < 1.29 is 14.7 Å². The lowest BCUT2D eigenvalue weighted by atomic mass is 9.82. The Morgan fingerprint density at radius 3 is 2.47 bits per heavy atom. The van der Waals surface area contributed by atoms with Crippen molar-refractivity contribution in [3.63, 3.8) is 0 Å². The number of carbonyl (C=O) groups is 2. The second kappa shape index (κ2) is 8.56. The number of carbonyl (C=O) groups excluding carboxylic acids is 1. The smallest absolute Gasteiger partial charge is 0.314 e. The van der Waals surface area contributed by atoms with Gasteiger partial charge in [-0.2, -0.15) is 0 Å². The standard InChI is InChI=1S/C14H24N2O3/c1-2-3-4-9-15-14(19)16-10-11-5-7-12(8-6-11)13(17)18/h2-3,11-12H,4-10H2,1H3,(H,17,18)(H2,15,16,19)/b3-2+. The molecule has 0 spiro atoms. The fourth-order valence-electron chi connectivity index (χ4n) is 2.35. The molecule has 3 N–H and O–H groups in total. The second-order valence-corrected chi connectivity index (χ2v) is 5.05. The fraction of sp³-hybridized carbons (Fsp3) is 0.714. The highest BCUT2D eigenvalue weighted by Gasteiger charge is 2.25. The molecular formula is C14H24N2O3. The molecule has 0 aromatic heterocycles. The van der Waals surface area contributed by atoms with Gasteiger partial charge in [0.15, 0.2) is 0 Å². The zero-order valence-electron chi connectivity index (χ0n) is 11.5. The number of carboxylic acids is 1. The van der Waals surface area contributed by atoms with Crippen molar-refractivity contribution in [2.75, 3.05) is 13.1 Å². The summed E-state index contributed by atoms with van der Waals surface area (Å²) in [6.45, 7) is 3.23. The summed E-state index contributed by atoms with van der Waals surface area (Å²) < 4.78 is 0. The molecule has 5 nitrogen and oxygen atoms in total. The predicted octanol–water partition coefficient (Wildman–Crippen LogP) is 2.14. The van der Waals surface area contributed by atoms with E-state index >= 15 is 0 Å². The van der Waals surface area contributed by atoms with Gasteiger partial charge in [-0.1, -0.05) is 12.2 Å². The highest BCUT2D eigenvalue weighted by atomic mass is 16.4. The third kappa shape index (κ3) is 6.27. The number of urea groups is 1. The fourth-order valence-corrected chi connectivity index (χ4v) is 2.35. The summed E-state index contributed by atoms with van der Waals surface area (Å²) in [5.74, 6) is -0.462. The molecule has 0 aromatic rings. The molecule has 0 aliphatic heterocycles. The molecule has 108 valence electrons. The maximum absolute atomic E-state index is 11.5. The Morgan fingerprint density at radius 2 is 1.89 bits per heavy atom. The molecule has 0 saturated heterocycles. The number of carboxylic acid groups (broad SMARTS) is 1. The van der Waals surface area contributed by atoms with Gasteiger partial charge in [0.1, 0.15) is 0 Å². The number of allylic oxidation sites excluding steroid dienone is 1. The molecule has 19 heavy (non-hydrogen) atoms. The largest absolute Gasteiger partial charge is 0.481 e. The minimum Gasteiger partial charge on any atom is -0.481 e. The van der Waals surface area contributed by atoms with Crippen LogP contribution < -0.4 is 10.6 Å². The van der Waals surface area contributed by atoms with Crippen LogP contribution in [0.25, 0.3) is 0 Å².